The minimum absolute atomic E-state index is 0.0479. The van der Waals surface area contributed by atoms with Crippen molar-refractivity contribution in [1.82, 2.24) is 5.32 Å². The van der Waals surface area contributed by atoms with Gasteiger partial charge in [0.05, 0.1) is 24.6 Å². The van der Waals surface area contributed by atoms with E-state index in [0.29, 0.717) is 0 Å². The molecule has 0 amide bonds. The molecule has 1 aliphatic carbocycles. The van der Waals surface area contributed by atoms with E-state index < -0.39 is 0 Å². The largest absolute Gasteiger partial charge is 0.496 e. The summed E-state index contributed by atoms with van der Waals surface area (Å²) in [4.78, 5) is 0. The number of nitriles is 1. The molecule has 0 bridgehead atoms. The summed E-state index contributed by atoms with van der Waals surface area (Å²) < 4.78 is 5.64. The predicted molar refractivity (Wildman–Crippen MR) is 76.3 cm³/mol. The Morgan fingerprint density at radius 2 is 1.95 bits per heavy atom. The average molecular weight is 258 g/mol. The predicted octanol–water partition coefficient (Wildman–Crippen LogP) is 3.18. The van der Waals surface area contributed by atoms with Crippen LogP contribution in [0.5, 0.6) is 5.75 Å². The molecule has 0 spiro atoms. The Morgan fingerprint density at radius 1 is 1.32 bits per heavy atom. The molecule has 3 nitrogen and oxygen atoms in total. The van der Waals surface area contributed by atoms with Crippen LogP contribution in [0.1, 0.15) is 41.1 Å². The molecule has 0 heterocycles. The Labute approximate surface area is 115 Å². The number of methoxy groups -OCH3 is 1. The fourth-order valence-corrected chi connectivity index (χ4v) is 2.99. The summed E-state index contributed by atoms with van der Waals surface area (Å²) in [6.07, 6.45) is 1.93. The highest BCUT2D eigenvalue weighted by Crippen LogP contribution is 2.56. The van der Waals surface area contributed by atoms with E-state index >= 15 is 0 Å². The lowest BCUT2D eigenvalue weighted by Crippen LogP contribution is -2.27. The van der Waals surface area contributed by atoms with Crippen LogP contribution >= 0.6 is 0 Å². The van der Waals surface area contributed by atoms with Gasteiger partial charge in [-0.25, -0.2) is 0 Å². The third-order valence-corrected chi connectivity index (χ3v) is 4.38. The second-order valence-electron chi connectivity index (χ2n) is 5.57. The molecular formula is C16H22N2O. The summed E-state index contributed by atoms with van der Waals surface area (Å²) in [7, 11) is 3.64. The quantitative estimate of drug-likeness (QED) is 0.902. The summed E-state index contributed by atoms with van der Waals surface area (Å²) in [6, 6.07) is 4.73. The van der Waals surface area contributed by atoms with E-state index in [9.17, 15) is 5.26 Å². The fraction of sp³-hybridized carbons (Fsp3) is 0.562. The molecule has 1 atom stereocenters. The zero-order valence-corrected chi connectivity index (χ0v) is 12.4. The maximum atomic E-state index is 9.47. The van der Waals surface area contributed by atoms with Gasteiger partial charge in [-0.2, -0.15) is 5.26 Å². The highest BCUT2D eigenvalue weighted by molar-refractivity contribution is 5.52. The molecule has 102 valence electrons. The van der Waals surface area contributed by atoms with Crippen LogP contribution in [0, 0.1) is 37.5 Å². The highest BCUT2D eigenvalue weighted by Gasteiger charge is 2.51. The molecule has 1 aliphatic rings. The van der Waals surface area contributed by atoms with Crippen molar-refractivity contribution in [2.24, 2.45) is 5.41 Å². The van der Waals surface area contributed by atoms with Crippen molar-refractivity contribution in [3.05, 3.63) is 28.3 Å². The van der Waals surface area contributed by atoms with Crippen molar-refractivity contribution >= 4 is 0 Å². The minimum atomic E-state index is -0.255. The van der Waals surface area contributed by atoms with Crippen molar-refractivity contribution in [2.75, 3.05) is 14.2 Å². The van der Waals surface area contributed by atoms with Crippen LogP contribution in [0.2, 0.25) is 0 Å². The van der Waals surface area contributed by atoms with E-state index in [1.165, 1.54) is 11.1 Å². The number of nitrogens with one attached hydrogen (secondary N) is 1. The maximum absolute atomic E-state index is 9.47. The summed E-state index contributed by atoms with van der Waals surface area (Å²) in [5, 5.41) is 12.8. The standard InChI is InChI=1S/C16H22N2O/c1-10-8-11(2)13(14(19-5)12(10)3)15(18-4)16(9-17)6-7-16/h8,15,18H,6-7H2,1-5H3. The monoisotopic (exact) mass is 258 g/mol. The van der Waals surface area contributed by atoms with E-state index in [1.807, 2.05) is 7.05 Å². The molecule has 1 unspecified atom stereocenters. The van der Waals surface area contributed by atoms with Crippen molar-refractivity contribution in [3.63, 3.8) is 0 Å². The summed E-state index contributed by atoms with van der Waals surface area (Å²) >= 11 is 0. The first kappa shape index (κ1) is 13.9. The molecule has 2 rings (SSSR count). The lowest BCUT2D eigenvalue weighted by molar-refractivity contribution is 0.377. The molecule has 0 aliphatic heterocycles. The molecule has 3 heteroatoms. The van der Waals surface area contributed by atoms with Gasteiger partial charge in [0.25, 0.3) is 0 Å². The molecule has 1 N–H and O–H groups in total. The molecule has 1 fully saturated rings. The Hall–Kier alpha value is -1.53. The molecule has 0 saturated heterocycles. The third kappa shape index (κ3) is 2.11. The molecular weight excluding hydrogens is 236 g/mol. The van der Waals surface area contributed by atoms with E-state index in [1.54, 1.807) is 7.11 Å². The number of aryl methyl sites for hydroxylation is 2. The third-order valence-electron chi connectivity index (χ3n) is 4.38. The van der Waals surface area contributed by atoms with Gasteiger partial charge in [0.15, 0.2) is 0 Å². The van der Waals surface area contributed by atoms with Gasteiger partial charge in [-0.3, -0.25) is 0 Å². The van der Waals surface area contributed by atoms with Gasteiger partial charge < -0.3 is 10.1 Å². The molecule has 1 saturated carbocycles. The number of hydrogen-bond acceptors (Lipinski definition) is 3. The average Bonchev–Trinajstić information content (AvgIpc) is 3.17. The topological polar surface area (TPSA) is 45.0 Å². The van der Waals surface area contributed by atoms with Crippen molar-refractivity contribution in [3.8, 4) is 11.8 Å². The first-order chi connectivity index (χ1) is 9.00. The van der Waals surface area contributed by atoms with E-state index in [0.717, 1.165) is 29.7 Å². The zero-order valence-electron chi connectivity index (χ0n) is 12.4. The molecule has 1 aromatic carbocycles. The Bertz CT molecular complexity index is 539. The maximum Gasteiger partial charge on any atom is 0.127 e. The molecule has 19 heavy (non-hydrogen) atoms. The first-order valence-electron chi connectivity index (χ1n) is 6.74. The lowest BCUT2D eigenvalue weighted by Gasteiger charge is -2.27. The fourth-order valence-electron chi connectivity index (χ4n) is 2.99. The van der Waals surface area contributed by atoms with Crippen LogP contribution in [0.15, 0.2) is 6.07 Å². The smallest absolute Gasteiger partial charge is 0.127 e. The van der Waals surface area contributed by atoms with E-state index in [-0.39, 0.29) is 11.5 Å². The number of rotatable bonds is 4. The van der Waals surface area contributed by atoms with E-state index in [4.69, 9.17) is 4.74 Å². The van der Waals surface area contributed by atoms with Crippen molar-refractivity contribution in [2.45, 2.75) is 39.7 Å². The highest BCUT2D eigenvalue weighted by atomic mass is 16.5. The summed E-state index contributed by atoms with van der Waals surface area (Å²) in [5.74, 6) is 0.929. The first-order valence-corrected chi connectivity index (χ1v) is 6.74. The van der Waals surface area contributed by atoms with Gasteiger partial charge in [-0.05, 0) is 57.4 Å². The second kappa shape index (κ2) is 4.86. The lowest BCUT2D eigenvalue weighted by atomic mass is 9.85. The number of hydrogen-bond donors (Lipinski definition) is 1. The van der Waals surface area contributed by atoms with Crippen LogP contribution in [-0.2, 0) is 0 Å². The Morgan fingerprint density at radius 3 is 2.37 bits per heavy atom. The molecule has 0 radical (unpaired) electrons. The zero-order chi connectivity index (χ0) is 14.2. The summed E-state index contributed by atoms with van der Waals surface area (Å²) in [6.45, 7) is 6.28. The van der Waals surface area contributed by atoms with Gasteiger partial charge in [-0.1, -0.05) is 6.07 Å². The van der Waals surface area contributed by atoms with Crippen molar-refractivity contribution < 1.29 is 4.74 Å². The second-order valence-corrected chi connectivity index (χ2v) is 5.57. The molecule has 0 aromatic heterocycles. The Kier molecular flexibility index (Phi) is 3.56. The number of nitrogens with zero attached hydrogens (tertiary/aromatic N) is 1. The van der Waals surface area contributed by atoms with Crippen LogP contribution in [0.25, 0.3) is 0 Å². The SMILES string of the molecule is CNC(c1c(C)cc(C)c(C)c1OC)C1(C#N)CC1. The normalized spacial score (nSPS) is 17.7. The van der Waals surface area contributed by atoms with Gasteiger partial charge in [0.1, 0.15) is 5.75 Å². The van der Waals surface area contributed by atoms with Crippen LogP contribution < -0.4 is 10.1 Å². The van der Waals surface area contributed by atoms with Crippen LogP contribution in [0.3, 0.4) is 0 Å². The molecule has 1 aromatic rings. The van der Waals surface area contributed by atoms with Gasteiger partial charge in [-0.15, -0.1) is 0 Å². The van der Waals surface area contributed by atoms with Crippen LogP contribution in [0.4, 0.5) is 0 Å². The van der Waals surface area contributed by atoms with Crippen LogP contribution in [-0.4, -0.2) is 14.2 Å². The number of benzene rings is 1. The Balaban J connectivity index is 2.61. The van der Waals surface area contributed by atoms with Gasteiger partial charge >= 0.3 is 0 Å². The van der Waals surface area contributed by atoms with E-state index in [2.05, 4.69) is 38.2 Å². The van der Waals surface area contributed by atoms with Crippen molar-refractivity contribution in [1.29, 1.82) is 5.26 Å². The van der Waals surface area contributed by atoms with Gasteiger partial charge in [0.2, 0.25) is 0 Å². The minimum Gasteiger partial charge on any atom is -0.496 e. The summed E-state index contributed by atoms with van der Waals surface area (Å²) in [5.41, 5.74) is 4.48. The van der Waals surface area contributed by atoms with Gasteiger partial charge in [0, 0.05) is 5.56 Å². The number of ether oxygens (including phenoxy) is 1.